The van der Waals surface area contributed by atoms with E-state index in [1.54, 1.807) is 12.3 Å². The minimum absolute atomic E-state index is 0.0884. The summed E-state index contributed by atoms with van der Waals surface area (Å²) >= 11 is 3.42. The summed E-state index contributed by atoms with van der Waals surface area (Å²) in [6, 6.07) is 13.1. The largest absolute Gasteiger partial charge is 0.491 e. The van der Waals surface area contributed by atoms with Gasteiger partial charge in [0, 0.05) is 9.89 Å². The van der Waals surface area contributed by atoms with Gasteiger partial charge in [0.2, 0.25) is 0 Å². The first-order valence-corrected chi connectivity index (χ1v) is 9.98. The number of rotatable bonds is 4. The van der Waals surface area contributed by atoms with Crippen LogP contribution in [-0.2, 0) is 5.41 Å². The molecule has 0 saturated carbocycles. The summed E-state index contributed by atoms with van der Waals surface area (Å²) in [5.41, 5.74) is 0.971. The second-order valence-electron chi connectivity index (χ2n) is 7.95. The Bertz CT molecular complexity index is 1100. The lowest BCUT2D eigenvalue weighted by Crippen LogP contribution is -2.29. The molecule has 0 aliphatic heterocycles. The summed E-state index contributed by atoms with van der Waals surface area (Å²) in [5.74, 6) is 1.38. The zero-order valence-electron chi connectivity index (χ0n) is 16.7. The van der Waals surface area contributed by atoms with Gasteiger partial charge in [-0.25, -0.2) is 4.98 Å². The maximum Gasteiger partial charge on any atom is 0.282 e. The fourth-order valence-corrected chi connectivity index (χ4v) is 3.17. The van der Waals surface area contributed by atoms with Crippen LogP contribution in [0.3, 0.4) is 0 Å². The molecule has 0 saturated heterocycles. The lowest BCUT2D eigenvalue weighted by Gasteiger charge is -2.20. The van der Waals surface area contributed by atoms with Crippen molar-refractivity contribution in [2.75, 3.05) is 0 Å². The average Bonchev–Trinajstić information content (AvgIpc) is 2.60. The van der Waals surface area contributed by atoms with Gasteiger partial charge in [0.15, 0.2) is 0 Å². The van der Waals surface area contributed by atoms with Gasteiger partial charge >= 0.3 is 0 Å². The molecule has 6 heteroatoms. The molecule has 0 radical (unpaired) electrons. The van der Waals surface area contributed by atoms with Crippen molar-refractivity contribution in [2.45, 2.75) is 46.1 Å². The molecule has 28 heavy (non-hydrogen) atoms. The van der Waals surface area contributed by atoms with Crippen molar-refractivity contribution in [3.8, 4) is 5.75 Å². The van der Waals surface area contributed by atoms with Crippen molar-refractivity contribution in [3.63, 3.8) is 0 Å². The standard InChI is InChI=1S/C22H24BrN3O2/c1-14(2)28-17-8-6-7-15(11-17)13-24-26-20(27)18-12-16(23)9-10-19(18)25-21(26)22(3,4)5/h6-14H,1-5H3. The van der Waals surface area contributed by atoms with Crippen LogP contribution in [0.2, 0.25) is 0 Å². The van der Waals surface area contributed by atoms with Crippen molar-refractivity contribution in [3.05, 3.63) is 68.7 Å². The Morgan fingerprint density at radius 3 is 2.61 bits per heavy atom. The van der Waals surface area contributed by atoms with Crippen molar-refractivity contribution in [1.29, 1.82) is 0 Å². The number of ether oxygens (including phenoxy) is 1. The number of nitrogens with zero attached hydrogens (tertiary/aromatic N) is 3. The van der Waals surface area contributed by atoms with Gasteiger partial charge in [-0.2, -0.15) is 9.78 Å². The maximum absolute atomic E-state index is 13.1. The van der Waals surface area contributed by atoms with Crippen LogP contribution >= 0.6 is 15.9 Å². The highest BCUT2D eigenvalue weighted by atomic mass is 79.9. The van der Waals surface area contributed by atoms with Crippen LogP contribution in [0, 0.1) is 0 Å². The van der Waals surface area contributed by atoms with E-state index < -0.39 is 0 Å². The van der Waals surface area contributed by atoms with Gasteiger partial charge in [-0.05, 0) is 49.7 Å². The maximum atomic E-state index is 13.1. The first-order chi connectivity index (χ1) is 13.1. The van der Waals surface area contributed by atoms with Crippen molar-refractivity contribution in [2.24, 2.45) is 5.10 Å². The van der Waals surface area contributed by atoms with Gasteiger partial charge < -0.3 is 4.74 Å². The predicted octanol–water partition coefficient (Wildman–Crippen LogP) is 5.13. The van der Waals surface area contributed by atoms with Gasteiger partial charge in [0.25, 0.3) is 5.56 Å². The lowest BCUT2D eigenvalue weighted by molar-refractivity contribution is 0.242. The molecule has 3 rings (SSSR count). The Labute approximate surface area is 173 Å². The van der Waals surface area contributed by atoms with Crippen LogP contribution in [0.1, 0.15) is 46.0 Å². The molecule has 2 aromatic carbocycles. The van der Waals surface area contributed by atoms with Gasteiger partial charge in [0.1, 0.15) is 11.6 Å². The molecular weight excluding hydrogens is 418 g/mol. The smallest absolute Gasteiger partial charge is 0.282 e. The first-order valence-electron chi connectivity index (χ1n) is 9.19. The molecule has 0 spiro atoms. The third kappa shape index (κ3) is 4.50. The molecule has 0 aliphatic carbocycles. The number of hydrogen-bond donors (Lipinski definition) is 0. The number of benzene rings is 2. The Hall–Kier alpha value is -2.47. The van der Waals surface area contributed by atoms with Crippen LogP contribution in [0.25, 0.3) is 10.9 Å². The van der Waals surface area contributed by atoms with E-state index in [4.69, 9.17) is 9.72 Å². The summed E-state index contributed by atoms with van der Waals surface area (Å²) in [6.07, 6.45) is 1.75. The molecule has 1 heterocycles. The van der Waals surface area contributed by atoms with Gasteiger partial charge in [-0.3, -0.25) is 4.79 Å². The van der Waals surface area contributed by atoms with E-state index in [1.165, 1.54) is 4.68 Å². The molecule has 0 amide bonds. The van der Waals surface area contributed by atoms with E-state index in [9.17, 15) is 4.79 Å². The highest BCUT2D eigenvalue weighted by Gasteiger charge is 2.22. The third-order valence-corrected chi connectivity index (χ3v) is 4.52. The second-order valence-corrected chi connectivity index (χ2v) is 8.86. The zero-order chi connectivity index (χ0) is 20.5. The SMILES string of the molecule is CC(C)Oc1cccc(C=Nn2c(C(C)(C)C)nc3ccc(Br)cc3c2=O)c1. The Morgan fingerprint density at radius 2 is 1.93 bits per heavy atom. The summed E-state index contributed by atoms with van der Waals surface area (Å²) in [7, 11) is 0. The molecule has 5 nitrogen and oxygen atoms in total. The summed E-state index contributed by atoms with van der Waals surface area (Å²) in [5, 5.41) is 5.01. The van der Waals surface area contributed by atoms with Crippen LogP contribution in [0.15, 0.2) is 56.8 Å². The van der Waals surface area contributed by atoms with Crippen molar-refractivity contribution >= 4 is 33.0 Å². The van der Waals surface area contributed by atoms with Crippen molar-refractivity contribution in [1.82, 2.24) is 9.66 Å². The van der Waals surface area contributed by atoms with E-state index in [1.807, 2.05) is 71.0 Å². The quantitative estimate of drug-likeness (QED) is 0.527. The number of fused-ring (bicyclic) bond motifs is 1. The minimum Gasteiger partial charge on any atom is -0.491 e. The molecule has 146 valence electrons. The Morgan fingerprint density at radius 1 is 1.18 bits per heavy atom. The van der Waals surface area contributed by atoms with E-state index in [2.05, 4.69) is 21.0 Å². The van der Waals surface area contributed by atoms with E-state index >= 15 is 0 Å². The molecule has 0 fully saturated rings. The number of aromatic nitrogens is 2. The normalized spacial score (nSPS) is 12.2. The van der Waals surface area contributed by atoms with Crippen LogP contribution in [0.4, 0.5) is 0 Å². The highest BCUT2D eigenvalue weighted by Crippen LogP contribution is 2.23. The fraction of sp³-hybridized carbons (Fsp3) is 0.318. The Kier molecular flexibility index (Phi) is 5.70. The molecule has 0 unspecified atom stereocenters. The fourth-order valence-electron chi connectivity index (χ4n) is 2.81. The molecular formula is C22H24BrN3O2. The molecule has 0 bridgehead atoms. The Balaban J connectivity index is 2.12. The first kappa shape index (κ1) is 20.3. The molecule has 0 N–H and O–H groups in total. The predicted molar refractivity (Wildman–Crippen MR) is 118 cm³/mol. The molecule has 0 atom stereocenters. The summed E-state index contributed by atoms with van der Waals surface area (Å²) in [6.45, 7) is 10.0. The van der Waals surface area contributed by atoms with E-state index in [0.29, 0.717) is 16.7 Å². The topological polar surface area (TPSA) is 56.5 Å². The zero-order valence-corrected chi connectivity index (χ0v) is 18.3. The molecule has 0 aliphatic rings. The van der Waals surface area contributed by atoms with E-state index in [0.717, 1.165) is 15.8 Å². The number of hydrogen-bond acceptors (Lipinski definition) is 4. The summed E-state index contributed by atoms with van der Waals surface area (Å²) < 4.78 is 7.96. The second kappa shape index (κ2) is 7.87. The van der Waals surface area contributed by atoms with Crippen LogP contribution in [0.5, 0.6) is 5.75 Å². The van der Waals surface area contributed by atoms with Crippen LogP contribution < -0.4 is 10.3 Å². The van der Waals surface area contributed by atoms with Gasteiger partial charge in [-0.15, -0.1) is 0 Å². The lowest BCUT2D eigenvalue weighted by atomic mass is 9.95. The summed E-state index contributed by atoms with van der Waals surface area (Å²) in [4.78, 5) is 17.9. The van der Waals surface area contributed by atoms with E-state index in [-0.39, 0.29) is 17.1 Å². The number of halogens is 1. The van der Waals surface area contributed by atoms with Crippen LogP contribution in [-0.4, -0.2) is 22.0 Å². The monoisotopic (exact) mass is 441 g/mol. The highest BCUT2D eigenvalue weighted by molar-refractivity contribution is 9.10. The third-order valence-electron chi connectivity index (χ3n) is 4.03. The molecule has 3 aromatic rings. The average molecular weight is 442 g/mol. The minimum atomic E-state index is -0.347. The molecule has 1 aromatic heterocycles. The van der Waals surface area contributed by atoms with Crippen molar-refractivity contribution < 1.29 is 4.74 Å². The van der Waals surface area contributed by atoms with Gasteiger partial charge in [0.05, 0.1) is 23.2 Å². The van der Waals surface area contributed by atoms with Gasteiger partial charge in [-0.1, -0.05) is 48.8 Å².